The normalized spacial score (nSPS) is 10.8. The molecule has 0 aliphatic carbocycles. The van der Waals surface area contributed by atoms with Gasteiger partial charge >= 0.3 is 0 Å². The molecule has 0 N–H and O–H groups in total. The summed E-state index contributed by atoms with van der Waals surface area (Å²) in [6.07, 6.45) is 0. The van der Waals surface area contributed by atoms with Crippen molar-refractivity contribution in [2.75, 3.05) is 0 Å². The van der Waals surface area contributed by atoms with Crippen LogP contribution in [0.25, 0.3) is 33.4 Å². The second kappa shape index (κ2) is 15.8. The predicted molar refractivity (Wildman–Crippen MR) is 214 cm³/mol. The fraction of sp³-hybridized carbons (Fsp3) is 0.0213. The van der Waals surface area contributed by atoms with Crippen molar-refractivity contribution in [1.29, 1.82) is 0 Å². The second-order valence-corrected chi connectivity index (χ2v) is 13.0. The van der Waals surface area contributed by atoms with E-state index >= 15 is 0 Å². The van der Waals surface area contributed by atoms with Gasteiger partial charge < -0.3 is 0 Å². The van der Waals surface area contributed by atoms with E-state index in [1.807, 2.05) is 109 Å². The molecular formula is C47H30N6O4. The molecule has 0 fully saturated rings. The van der Waals surface area contributed by atoms with Crippen molar-refractivity contribution in [3.63, 3.8) is 0 Å². The lowest BCUT2D eigenvalue weighted by Gasteiger charge is -2.09. The summed E-state index contributed by atoms with van der Waals surface area (Å²) in [6.45, 7) is 1.52. The molecule has 0 bridgehead atoms. The smallest absolute Gasteiger partial charge is 0.267 e. The quantitative estimate of drug-likeness (QED) is 0.119. The number of aromatic nitrogens is 6. The van der Waals surface area contributed by atoms with E-state index in [2.05, 4.69) is 29.9 Å². The van der Waals surface area contributed by atoms with Crippen LogP contribution >= 0.6 is 0 Å². The second-order valence-electron chi connectivity index (χ2n) is 13.0. The average molecular weight is 743 g/mol. The predicted octanol–water partition coefficient (Wildman–Crippen LogP) is 8.29. The van der Waals surface area contributed by atoms with Crippen molar-refractivity contribution in [2.45, 2.75) is 6.92 Å². The highest BCUT2D eigenvalue weighted by atomic mass is 16.1. The Balaban J connectivity index is 1.19. The van der Waals surface area contributed by atoms with E-state index in [1.54, 1.807) is 54.6 Å². The van der Waals surface area contributed by atoms with E-state index in [4.69, 9.17) is 0 Å². The van der Waals surface area contributed by atoms with Crippen molar-refractivity contribution in [3.05, 3.63) is 215 Å². The molecular weight excluding hydrogens is 713 g/mol. The van der Waals surface area contributed by atoms with Gasteiger partial charge in [-0.05, 0) is 58.5 Å². The molecule has 2 heterocycles. The first-order chi connectivity index (χ1) is 27.8. The van der Waals surface area contributed by atoms with Crippen molar-refractivity contribution in [2.24, 2.45) is 0 Å². The van der Waals surface area contributed by atoms with Gasteiger partial charge in [-0.15, -0.1) is 0 Å². The number of carbonyl (C=O) groups excluding carboxylic acids is 4. The molecule has 0 unspecified atom stereocenters. The van der Waals surface area contributed by atoms with Gasteiger partial charge in [-0.3, -0.25) is 19.2 Å². The van der Waals surface area contributed by atoms with Crippen molar-refractivity contribution < 1.29 is 19.2 Å². The number of aryl methyl sites for hydroxylation is 1. The first kappa shape index (κ1) is 36.0. The van der Waals surface area contributed by atoms with E-state index in [0.717, 1.165) is 33.4 Å². The summed E-state index contributed by atoms with van der Waals surface area (Å²) in [7, 11) is 0. The molecule has 10 nitrogen and oxygen atoms in total. The molecule has 0 saturated carbocycles. The lowest BCUT2D eigenvalue weighted by molar-refractivity contribution is 0.101. The van der Waals surface area contributed by atoms with E-state index < -0.39 is 46.4 Å². The van der Waals surface area contributed by atoms with E-state index in [-0.39, 0.29) is 22.8 Å². The Kier molecular flexibility index (Phi) is 9.97. The zero-order chi connectivity index (χ0) is 39.3. The van der Waals surface area contributed by atoms with Crippen LogP contribution in [0, 0.1) is 6.92 Å². The van der Waals surface area contributed by atoms with Gasteiger partial charge in [0, 0.05) is 16.7 Å². The third-order valence-corrected chi connectivity index (χ3v) is 9.09. The molecule has 8 aromatic rings. The van der Waals surface area contributed by atoms with E-state index in [0.29, 0.717) is 5.56 Å². The van der Waals surface area contributed by atoms with Gasteiger partial charge in [-0.2, -0.15) is 0 Å². The highest BCUT2D eigenvalue weighted by molar-refractivity contribution is 6.12. The van der Waals surface area contributed by atoms with Crippen molar-refractivity contribution >= 4 is 23.1 Å². The monoisotopic (exact) mass is 742 g/mol. The molecule has 8 rings (SSSR count). The number of ketones is 4. The lowest BCUT2D eigenvalue weighted by atomic mass is 10.0. The van der Waals surface area contributed by atoms with Crippen LogP contribution < -0.4 is 0 Å². The summed E-state index contributed by atoms with van der Waals surface area (Å²) in [4.78, 5) is 81.8. The molecule has 6 aromatic carbocycles. The van der Waals surface area contributed by atoms with Gasteiger partial charge in [0.2, 0.25) is 46.5 Å². The van der Waals surface area contributed by atoms with E-state index in [9.17, 15) is 19.2 Å². The highest BCUT2D eigenvalue weighted by Gasteiger charge is 2.27. The summed E-state index contributed by atoms with van der Waals surface area (Å²) >= 11 is 0. The Bertz CT molecular complexity index is 2720. The largest absolute Gasteiger partial charge is 0.285 e. The van der Waals surface area contributed by atoms with Gasteiger partial charge in [0.15, 0.2) is 0 Å². The van der Waals surface area contributed by atoms with Crippen LogP contribution in [0.15, 0.2) is 164 Å². The lowest BCUT2D eigenvalue weighted by Crippen LogP contribution is -2.22. The van der Waals surface area contributed by atoms with Crippen molar-refractivity contribution in [3.8, 4) is 33.4 Å². The molecule has 0 spiro atoms. The maximum atomic E-state index is 14.2. The van der Waals surface area contributed by atoms with Crippen LogP contribution in [-0.4, -0.2) is 53.0 Å². The standard InChI is InChI=1S/C47H30N6O4/c1-29-48-43(39(54)36-23-11-20-33(26-36)30-14-5-2-6-15-30)50-46(49-29)42(57)47-52-44(40(55)37-24-12-21-34(27-37)31-16-7-3-8-17-31)51-45(53-47)41(56)38-25-13-22-35(28-38)32-18-9-4-10-19-32/h2-28H,1H3. The number of nitrogens with zero attached hydrogens (tertiary/aromatic N) is 6. The Morgan fingerprint density at radius 3 is 0.895 bits per heavy atom. The third kappa shape index (κ3) is 7.82. The number of benzene rings is 6. The zero-order valence-corrected chi connectivity index (χ0v) is 30.4. The van der Waals surface area contributed by atoms with Crippen LogP contribution in [0.2, 0.25) is 0 Å². The number of hydrogen-bond acceptors (Lipinski definition) is 10. The molecule has 0 amide bonds. The minimum absolute atomic E-state index is 0.0908. The first-order valence-electron chi connectivity index (χ1n) is 17.9. The van der Waals surface area contributed by atoms with Crippen LogP contribution in [0.3, 0.4) is 0 Å². The first-order valence-corrected chi connectivity index (χ1v) is 17.9. The van der Waals surface area contributed by atoms with Crippen LogP contribution in [0.5, 0.6) is 0 Å². The molecule has 57 heavy (non-hydrogen) atoms. The van der Waals surface area contributed by atoms with E-state index in [1.165, 1.54) is 6.92 Å². The SMILES string of the molecule is Cc1nc(C(=O)c2cccc(-c3ccccc3)c2)nc(C(=O)c2nc(C(=O)c3cccc(-c4ccccc4)c3)nc(C(=O)c3cccc(-c4ccccc4)c3)n2)n1. The maximum Gasteiger partial charge on any atom is 0.267 e. The summed E-state index contributed by atoms with van der Waals surface area (Å²) in [5.74, 6) is -4.78. The van der Waals surface area contributed by atoms with Gasteiger partial charge in [0.05, 0.1) is 0 Å². The molecule has 10 heteroatoms. The third-order valence-electron chi connectivity index (χ3n) is 9.09. The number of carbonyl (C=O) groups is 4. The fourth-order valence-corrected chi connectivity index (χ4v) is 6.26. The van der Waals surface area contributed by atoms with Gasteiger partial charge in [0.1, 0.15) is 5.82 Å². The summed E-state index contributed by atoms with van der Waals surface area (Å²) in [5, 5.41) is 0. The molecule has 0 aliphatic rings. The van der Waals surface area contributed by atoms with Crippen LogP contribution in [-0.2, 0) is 0 Å². The highest BCUT2D eigenvalue weighted by Crippen LogP contribution is 2.24. The molecule has 0 radical (unpaired) electrons. The zero-order valence-electron chi connectivity index (χ0n) is 30.4. The Labute approximate surface area is 327 Å². The Morgan fingerprint density at radius 1 is 0.298 bits per heavy atom. The summed E-state index contributed by atoms with van der Waals surface area (Å²) in [5.41, 5.74) is 5.80. The molecule has 0 atom stereocenters. The molecule has 2 aromatic heterocycles. The Morgan fingerprint density at radius 2 is 0.561 bits per heavy atom. The minimum atomic E-state index is -0.936. The fourth-order valence-electron chi connectivity index (χ4n) is 6.26. The van der Waals surface area contributed by atoms with Gasteiger partial charge in [-0.1, -0.05) is 146 Å². The topological polar surface area (TPSA) is 146 Å². The maximum absolute atomic E-state index is 14.2. The molecule has 0 saturated heterocycles. The van der Waals surface area contributed by atoms with Gasteiger partial charge in [0.25, 0.3) is 5.78 Å². The molecule has 0 aliphatic heterocycles. The van der Waals surface area contributed by atoms with Crippen LogP contribution in [0.4, 0.5) is 0 Å². The van der Waals surface area contributed by atoms with Crippen molar-refractivity contribution in [1.82, 2.24) is 29.9 Å². The van der Waals surface area contributed by atoms with Crippen LogP contribution in [0.1, 0.15) is 70.8 Å². The van der Waals surface area contributed by atoms with Gasteiger partial charge in [-0.25, -0.2) is 29.9 Å². The Hall–Kier alpha value is -7.98. The summed E-state index contributed by atoms with van der Waals surface area (Å²) < 4.78 is 0. The minimum Gasteiger partial charge on any atom is -0.285 e. The number of rotatable bonds is 11. The summed E-state index contributed by atoms with van der Waals surface area (Å²) in [6, 6.07) is 49.3. The average Bonchev–Trinajstić information content (AvgIpc) is 3.28. The molecule has 272 valence electrons. The number of hydrogen-bond donors (Lipinski definition) is 0.